The minimum Gasteiger partial charge on any atom is -0.453 e. The third-order valence-electron chi connectivity index (χ3n) is 2.65. The first-order valence-electron chi connectivity index (χ1n) is 5.77. The Hall–Kier alpha value is -2.20. The van der Waals surface area contributed by atoms with Gasteiger partial charge in [0.15, 0.2) is 17.3 Å². The Bertz CT molecular complexity index is 668. The van der Waals surface area contributed by atoms with Gasteiger partial charge < -0.3 is 4.74 Å². The van der Waals surface area contributed by atoms with Crippen molar-refractivity contribution >= 4 is 22.6 Å². The molecule has 2 rings (SSSR count). The van der Waals surface area contributed by atoms with E-state index >= 15 is 0 Å². The van der Waals surface area contributed by atoms with Crippen molar-refractivity contribution in [1.82, 2.24) is 0 Å². The molecule has 5 heteroatoms. The van der Waals surface area contributed by atoms with Gasteiger partial charge in [-0.3, -0.25) is 9.59 Å². The summed E-state index contributed by atoms with van der Waals surface area (Å²) in [7, 11) is 0. The van der Waals surface area contributed by atoms with Gasteiger partial charge in [-0.15, -0.1) is 0 Å². The Kier molecular flexibility index (Phi) is 4.15. The highest BCUT2D eigenvalue weighted by molar-refractivity contribution is 6.68. The summed E-state index contributed by atoms with van der Waals surface area (Å²) < 4.78 is 19.6. The second-order valence-corrected chi connectivity index (χ2v) is 4.39. The molecule has 0 radical (unpaired) electrons. The van der Waals surface area contributed by atoms with Crippen molar-refractivity contribution in [3.8, 4) is 11.5 Å². The molecule has 0 bridgehead atoms. The molecule has 3 nitrogen and oxygen atoms in total. The first kappa shape index (κ1) is 14.2. The molecule has 0 N–H and O–H groups in total. The zero-order valence-electron chi connectivity index (χ0n) is 10.5. The zero-order chi connectivity index (χ0) is 14.7. The molecule has 0 saturated heterocycles. The Balaban J connectivity index is 2.56. The Morgan fingerprint density at radius 1 is 1.05 bits per heavy atom. The highest BCUT2D eigenvalue weighted by Gasteiger charge is 2.21. The fourth-order valence-corrected chi connectivity index (χ4v) is 1.84. The molecule has 102 valence electrons. The van der Waals surface area contributed by atoms with E-state index in [0.717, 1.165) is 0 Å². The highest BCUT2D eigenvalue weighted by atomic mass is 35.5. The molecule has 2 aromatic rings. The Morgan fingerprint density at radius 2 is 1.65 bits per heavy atom. The summed E-state index contributed by atoms with van der Waals surface area (Å²) in [6.07, 6.45) is 0. The summed E-state index contributed by atoms with van der Waals surface area (Å²) in [5, 5.41) is -0.857. The van der Waals surface area contributed by atoms with Gasteiger partial charge in [0.1, 0.15) is 5.75 Å². The van der Waals surface area contributed by atoms with Crippen LogP contribution < -0.4 is 4.74 Å². The van der Waals surface area contributed by atoms with Crippen LogP contribution in [-0.4, -0.2) is 11.0 Å². The average molecular weight is 293 g/mol. The first-order valence-corrected chi connectivity index (χ1v) is 6.14. The summed E-state index contributed by atoms with van der Waals surface area (Å²) in [5.41, 5.74) is -0.282. The summed E-state index contributed by atoms with van der Waals surface area (Å²) in [6.45, 7) is 1.23. The van der Waals surface area contributed by atoms with Crippen molar-refractivity contribution in [2.75, 3.05) is 0 Å². The van der Waals surface area contributed by atoms with Crippen LogP contribution in [0, 0.1) is 5.82 Å². The van der Waals surface area contributed by atoms with Gasteiger partial charge in [-0.2, -0.15) is 0 Å². The van der Waals surface area contributed by atoms with Crippen molar-refractivity contribution in [2.24, 2.45) is 0 Å². The number of ketones is 1. The molecular weight excluding hydrogens is 283 g/mol. The van der Waals surface area contributed by atoms with Crippen LogP contribution in [0.15, 0.2) is 42.5 Å². The molecule has 0 aliphatic carbocycles. The van der Waals surface area contributed by atoms with Gasteiger partial charge in [0, 0.05) is 0 Å². The van der Waals surface area contributed by atoms with Crippen LogP contribution in [0.4, 0.5) is 4.39 Å². The number of rotatable bonds is 4. The fraction of sp³-hybridized carbons (Fsp3) is 0.0667. The molecule has 20 heavy (non-hydrogen) atoms. The molecule has 0 atom stereocenters. The van der Waals surface area contributed by atoms with Crippen LogP contribution in [0.3, 0.4) is 0 Å². The van der Waals surface area contributed by atoms with Crippen molar-refractivity contribution in [3.05, 3.63) is 59.4 Å². The molecule has 0 spiro atoms. The lowest BCUT2D eigenvalue weighted by atomic mass is 10.1. The van der Waals surface area contributed by atoms with Gasteiger partial charge >= 0.3 is 0 Å². The quantitative estimate of drug-likeness (QED) is 0.626. The third-order valence-corrected chi connectivity index (χ3v) is 2.85. The van der Waals surface area contributed by atoms with E-state index < -0.39 is 16.8 Å². The molecule has 0 amide bonds. The first-order chi connectivity index (χ1) is 9.50. The minimum atomic E-state index is -0.896. The number of hydrogen-bond acceptors (Lipinski definition) is 3. The van der Waals surface area contributed by atoms with Gasteiger partial charge in [0.05, 0.1) is 11.1 Å². The lowest BCUT2D eigenvalue weighted by Crippen LogP contribution is -2.04. The molecule has 0 aliphatic rings. The average Bonchev–Trinajstić information content (AvgIpc) is 2.41. The van der Waals surface area contributed by atoms with Crippen molar-refractivity contribution in [3.63, 3.8) is 0 Å². The van der Waals surface area contributed by atoms with E-state index in [2.05, 4.69) is 0 Å². The largest absolute Gasteiger partial charge is 0.453 e. The van der Waals surface area contributed by atoms with Gasteiger partial charge in [-0.1, -0.05) is 18.2 Å². The second-order valence-electron chi connectivity index (χ2n) is 4.05. The molecule has 0 unspecified atom stereocenters. The molecule has 0 heterocycles. The number of benzene rings is 2. The summed E-state index contributed by atoms with van der Waals surface area (Å²) in [6, 6.07) is 10.8. The van der Waals surface area contributed by atoms with Crippen LogP contribution in [0.1, 0.15) is 27.6 Å². The number of para-hydroxylation sites is 1. The Morgan fingerprint density at radius 3 is 2.20 bits per heavy atom. The SMILES string of the molecule is CC(=O)c1ccc(C(=O)Cl)c(Oc2ccccc2)c1F. The monoisotopic (exact) mass is 292 g/mol. The Labute approximate surface area is 119 Å². The van der Waals surface area contributed by atoms with Gasteiger partial charge in [0.2, 0.25) is 0 Å². The van der Waals surface area contributed by atoms with E-state index in [0.29, 0.717) is 5.75 Å². The van der Waals surface area contributed by atoms with Crippen LogP contribution >= 0.6 is 11.6 Å². The summed E-state index contributed by atoms with van der Waals surface area (Å²) in [4.78, 5) is 22.7. The van der Waals surface area contributed by atoms with Crippen LogP contribution in [0.5, 0.6) is 11.5 Å². The van der Waals surface area contributed by atoms with E-state index in [1.807, 2.05) is 0 Å². The lowest BCUT2D eigenvalue weighted by Gasteiger charge is -2.11. The predicted molar refractivity (Wildman–Crippen MR) is 73.1 cm³/mol. The second kappa shape index (κ2) is 5.84. The number of ether oxygens (including phenoxy) is 1. The standard InChI is InChI=1S/C15H10ClFO3/c1-9(18)11-7-8-12(15(16)19)14(13(11)17)20-10-5-3-2-4-6-10/h2-8H,1H3. The predicted octanol–water partition coefficient (Wildman–Crippen LogP) is 4.20. The van der Waals surface area contributed by atoms with E-state index in [-0.39, 0.29) is 16.9 Å². The third kappa shape index (κ3) is 2.86. The van der Waals surface area contributed by atoms with Crippen LogP contribution in [-0.2, 0) is 0 Å². The smallest absolute Gasteiger partial charge is 0.256 e. The van der Waals surface area contributed by atoms with Crippen molar-refractivity contribution < 1.29 is 18.7 Å². The maximum Gasteiger partial charge on any atom is 0.256 e. The van der Waals surface area contributed by atoms with Gasteiger partial charge in [0.25, 0.3) is 5.24 Å². The van der Waals surface area contributed by atoms with E-state index in [1.54, 1.807) is 30.3 Å². The van der Waals surface area contributed by atoms with Gasteiger partial charge in [-0.05, 0) is 42.8 Å². The number of carbonyl (C=O) groups is 2. The molecule has 0 aliphatic heterocycles. The topological polar surface area (TPSA) is 43.4 Å². The van der Waals surface area contributed by atoms with E-state index in [1.165, 1.54) is 19.1 Å². The normalized spacial score (nSPS) is 10.2. The van der Waals surface area contributed by atoms with E-state index in [9.17, 15) is 14.0 Å². The number of carbonyl (C=O) groups excluding carboxylic acids is 2. The molecule has 0 aromatic heterocycles. The number of Topliss-reactive ketones (excluding diaryl/α,β-unsaturated/α-hetero) is 1. The van der Waals surface area contributed by atoms with Crippen molar-refractivity contribution in [2.45, 2.75) is 6.92 Å². The van der Waals surface area contributed by atoms with Crippen LogP contribution in [0.25, 0.3) is 0 Å². The highest BCUT2D eigenvalue weighted by Crippen LogP contribution is 2.31. The summed E-state index contributed by atoms with van der Waals surface area (Å²) in [5.74, 6) is -1.36. The lowest BCUT2D eigenvalue weighted by molar-refractivity contribution is 0.101. The fourth-order valence-electron chi connectivity index (χ4n) is 1.69. The molecule has 0 saturated carbocycles. The van der Waals surface area contributed by atoms with Crippen molar-refractivity contribution in [1.29, 1.82) is 0 Å². The number of halogens is 2. The van der Waals surface area contributed by atoms with Crippen LogP contribution in [0.2, 0.25) is 0 Å². The zero-order valence-corrected chi connectivity index (χ0v) is 11.3. The number of hydrogen-bond donors (Lipinski definition) is 0. The van der Waals surface area contributed by atoms with E-state index in [4.69, 9.17) is 16.3 Å². The molecule has 2 aromatic carbocycles. The summed E-state index contributed by atoms with van der Waals surface area (Å²) >= 11 is 5.41. The maximum atomic E-state index is 14.3. The minimum absolute atomic E-state index is 0.127. The van der Waals surface area contributed by atoms with Gasteiger partial charge in [-0.25, -0.2) is 4.39 Å². The molecular formula is C15H10ClFO3. The molecule has 0 fully saturated rings. The maximum absolute atomic E-state index is 14.3.